The maximum absolute atomic E-state index is 12.1. The predicted octanol–water partition coefficient (Wildman–Crippen LogP) is 5.45. The molecule has 6 aromatic rings. The SMILES string of the molecule is O=c1c(O)c(-c2ccc(O)c(O)c2)oc2cc(O)cc(O)c12.O=c1cc(-c2ccccc2)oc2ccccc12. The van der Waals surface area contributed by atoms with Crippen molar-refractivity contribution in [1.29, 1.82) is 0 Å². The van der Waals surface area contributed by atoms with E-state index < -0.39 is 22.7 Å². The van der Waals surface area contributed by atoms with Crippen molar-refractivity contribution >= 4 is 21.9 Å². The van der Waals surface area contributed by atoms with Crippen LogP contribution >= 0.6 is 0 Å². The molecule has 4 aromatic carbocycles. The van der Waals surface area contributed by atoms with Crippen LogP contribution in [-0.2, 0) is 0 Å². The Morgan fingerprint density at radius 2 is 1.28 bits per heavy atom. The Balaban J connectivity index is 0.000000163. The first-order valence-corrected chi connectivity index (χ1v) is 11.6. The molecule has 39 heavy (non-hydrogen) atoms. The van der Waals surface area contributed by atoms with Crippen molar-refractivity contribution in [2.75, 3.05) is 0 Å². The molecule has 0 aliphatic heterocycles. The number of rotatable bonds is 2. The summed E-state index contributed by atoms with van der Waals surface area (Å²) in [6.45, 7) is 0. The molecule has 0 unspecified atom stereocenters. The van der Waals surface area contributed by atoms with Gasteiger partial charge in [-0.15, -0.1) is 0 Å². The molecule has 0 aliphatic carbocycles. The molecule has 0 radical (unpaired) electrons. The van der Waals surface area contributed by atoms with Crippen LogP contribution in [0.5, 0.6) is 28.7 Å². The first-order chi connectivity index (χ1) is 18.7. The molecule has 0 amide bonds. The lowest BCUT2D eigenvalue weighted by atomic mass is 10.1. The fourth-order valence-electron chi connectivity index (χ4n) is 3.98. The van der Waals surface area contributed by atoms with Gasteiger partial charge < -0.3 is 34.4 Å². The Kier molecular flexibility index (Phi) is 6.39. The Hall–Kier alpha value is -5.70. The molecule has 6 rings (SSSR count). The van der Waals surface area contributed by atoms with E-state index in [2.05, 4.69) is 0 Å². The quantitative estimate of drug-likeness (QED) is 0.186. The van der Waals surface area contributed by atoms with Gasteiger partial charge in [0.15, 0.2) is 22.7 Å². The lowest BCUT2D eigenvalue weighted by Crippen LogP contribution is -2.02. The van der Waals surface area contributed by atoms with Crippen molar-refractivity contribution in [2.24, 2.45) is 0 Å². The highest BCUT2D eigenvalue weighted by Gasteiger charge is 2.19. The number of hydrogen-bond acceptors (Lipinski definition) is 9. The zero-order chi connectivity index (χ0) is 27.7. The summed E-state index contributed by atoms with van der Waals surface area (Å²) in [6, 6.07) is 24.1. The highest BCUT2D eigenvalue weighted by molar-refractivity contribution is 5.88. The number of phenolic OH excluding ortho intramolecular Hbond substituents is 4. The second-order valence-electron chi connectivity index (χ2n) is 8.49. The molecule has 0 atom stereocenters. The minimum absolute atomic E-state index is 0.00861. The molecule has 2 aromatic heterocycles. The van der Waals surface area contributed by atoms with Gasteiger partial charge in [0.1, 0.15) is 33.8 Å². The highest BCUT2D eigenvalue weighted by atomic mass is 16.4. The van der Waals surface area contributed by atoms with Crippen LogP contribution < -0.4 is 10.9 Å². The summed E-state index contributed by atoms with van der Waals surface area (Å²) >= 11 is 0. The van der Waals surface area contributed by atoms with Crippen LogP contribution in [0.2, 0.25) is 0 Å². The van der Waals surface area contributed by atoms with Crippen LogP contribution in [0.3, 0.4) is 0 Å². The fourth-order valence-corrected chi connectivity index (χ4v) is 3.98. The van der Waals surface area contributed by atoms with E-state index in [0.29, 0.717) is 16.7 Å². The average molecular weight is 524 g/mol. The van der Waals surface area contributed by atoms with Gasteiger partial charge in [0.2, 0.25) is 11.2 Å². The summed E-state index contributed by atoms with van der Waals surface area (Å²) in [5.41, 5.74) is 0.638. The fraction of sp³-hybridized carbons (Fsp3) is 0. The van der Waals surface area contributed by atoms with Gasteiger partial charge in [0, 0.05) is 29.3 Å². The molecule has 5 N–H and O–H groups in total. The Morgan fingerprint density at radius 3 is 2.03 bits per heavy atom. The summed E-state index contributed by atoms with van der Waals surface area (Å²) in [7, 11) is 0. The molecule has 194 valence electrons. The second-order valence-corrected chi connectivity index (χ2v) is 8.49. The van der Waals surface area contributed by atoms with Gasteiger partial charge in [-0.2, -0.15) is 0 Å². The van der Waals surface area contributed by atoms with Gasteiger partial charge in [0.25, 0.3) is 0 Å². The third-order valence-electron chi connectivity index (χ3n) is 5.87. The molecule has 0 saturated heterocycles. The van der Waals surface area contributed by atoms with Crippen molar-refractivity contribution < 1.29 is 34.4 Å². The molecule has 9 heteroatoms. The van der Waals surface area contributed by atoms with E-state index in [1.165, 1.54) is 12.1 Å². The van der Waals surface area contributed by atoms with Crippen molar-refractivity contribution in [3.8, 4) is 51.4 Å². The van der Waals surface area contributed by atoms with Gasteiger partial charge >= 0.3 is 0 Å². The van der Waals surface area contributed by atoms with E-state index in [9.17, 15) is 35.1 Å². The van der Waals surface area contributed by atoms with Gasteiger partial charge in [-0.05, 0) is 30.3 Å². The molecule has 0 saturated carbocycles. The zero-order valence-electron chi connectivity index (χ0n) is 20.0. The highest BCUT2D eigenvalue weighted by Crippen LogP contribution is 2.37. The van der Waals surface area contributed by atoms with E-state index in [1.807, 2.05) is 48.5 Å². The van der Waals surface area contributed by atoms with Crippen molar-refractivity contribution in [2.45, 2.75) is 0 Å². The molecule has 0 spiro atoms. The molecular formula is C30H20O9. The summed E-state index contributed by atoms with van der Waals surface area (Å²) in [5, 5.41) is 48.3. The van der Waals surface area contributed by atoms with Gasteiger partial charge in [0.05, 0.1) is 5.39 Å². The van der Waals surface area contributed by atoms with Crippen molar-refractivity contribution in [3.63, 3.8) is 0 Å². The third-order valence-corrected chi connectivity index (χ3v) is 5.87. The number of benzene rings is 4. The first-order valence-electron chi connectivity index (χ1n) is 11.6. The molecule has 0 aliphatic rings. The van der Waals surface area contributed by atoms with Gasteiger partial charge in [-0.25, -0.2) is 0 Å². The van der Waals surface area contributed by atoms with Crippen LogP contribution in [0, 0.1) is 0 Å². The first kappa shape index (κ1) is 25.0. The summed E-state index contributed by atoms with van der Waals surface area (Å²) in [4.78, 5) is 24.1. The summed E-state index contributed by atoms with van der Waals surface area (Å²) < 4.78 is 11.1. The van der Waals surface area contributed by atoms with Crippen LogP contribution in [-0.4, -0.2) is 25.5 Å². The Morgan fingerprint density at radius 1 is 0.564 bits per heavy atom. The lowest BCUT2D eigenvalue weighted by Gasteiger charge is -2.08. The molecular weight excluding hydrogens is 504 g/mol. The van der Waals surface area contributed by atoms with Crippen LogP contribution in [0.25, 0.3) is 44.6 Å². The maximum Gasteiger partial charge on any atom is 0.238 e. The average Bonchev–Trinajstić information content (AvgIpc) is 2.93. The number of aromatic hydroxyl groups is 5. The smallest absolute Gasteiger partial charge is 0.238 e. The summed E-state index contributed by atoms with van der Waals surface area (Å²) in [6.07, 6.45) is 0. The Labute approximate surface area is 219 Å². The number of hydrogen-bond donors (Lipinski definition) is 5. The number of fused-ring (bicyclic) bond motifs is 2. The second kappa shape index (κ2) is 9.98. The largest absolute Gasteiger partial charge is 0.508 e. The molecule has 9 nitrogen and oxygen atoms in total. The van der Waals surface area contributed by atoms with Gasteiger partial charge in [-0.1, -0.05) is 42.5 Å². The maximum atomic E-state index is 12.1. The van der Waals surface area contributed by atoms with Crippen LogP contribution in [0.1, 0.15) is 0 Å². The lowest BCUT2D eigenvalue weighted by molar-refractivity contribution is 0.403. The van der Waals surface area contributed by atoms with Crippen molar-refractivity contribution in [3.05, 3.63) is 111 Å². The minimum atomic E-state index is -0.888. The standard InChI is InChI=1S/C15H10O7.C15H10O2/c16-7-4-10(19)12-11(5-7)22-15(14(21)13(12)20)6-1-2-8(17)9(18)3-6;16-13-10-15(11-6-2-1-3-7-11)17-14-9-5-4-8-12(13)14/h1-5,16-19,21H;1-10H. The molecule has 0 bridgehead atoms. The number of phenols is 4. The monoisotopic (exact) mass is 524 g/mol. The van der Waals surface area contributed by atoms with E-state index in [-0.39, 0.29) is 39.2 Å². The Bertz CT molecular complexity index is 1950. The van der Waals surface area contributed by atoms with E-state index >= 15 is 0 Å². The normalized spacial score (nSPS) is 10.8. The molecule has 2 heterocycles. The van der Waals surface area contributed by atoms with E-state index in [4.69, 9.17) is 8.83 Å². The third kappa shape index (κ3) is 4.84. The van der Waals surface area contributed by atoms with E-state index in [1.54, 1.807) is 6.07 Å². The number of para-hydroxylation sites is 1. The predicted molar refractivity (Wildman–Crippen MR) is 144 cm³/mol. The summed E-state index contributed by atoms with van der Waals surface area (Å²) in [5.74, 6) is -2.11. The van der Waals surface area contributed by atoms with Crippen molar-refractivity contribution in [1.82, 2.24) is 0 Å². The zero-order valence-corrected chi connectivity index (χ0v) is 20.0. The molecule has 0 fully saturated rings. The van der Waals surface area contributed by atoms with Crippen LogP contribution in [0.15, 0.2) is 109 Å². The van der Waals surface area contributed by atoms with Crippen LogP contribution in [0.4, 0.5) is 0 Å². The minimum Gasteiger partial charge on any atom is -0.508 e. The van der Waals surface area contributed by atoms with E-state index in [0.717, 1.165) is 29.8 Å². The topological polar surface area (TPSA) is 162 Å². The van der Waals surface area contributed by atoms with Gasteiger partial charge in [-0.3, -0.25) is 9.59 Å².